The van der Waals surface area contributed by atoms with Crippen LogP contribution in [-0.2, 0) is 9.53 Å². The summed E-state index contributed by atoms with van der Waals surface area (Å²) in [4.78, 5) is 26.2. The second kappa shape index (κ2) is 6.93. The molecule has 3 rings (SSSR count). The molecule has 2 aliphatic carbocycles. The molecule has 2 amide bonds. The molecule has 1 aliphatic heterocycles. The lowest BCUT2D eigenvalue weighted by molar-refractivity contribution is -0.123. The van der Waals surface area contributed by atoms with E-state index >= 15 is 0 Å². The average molecular weight is 336 g/mol. The van der Waals surface area contributed by atoms with E-state index in [1.54, 1.807) is 0 Å². The first-order valence-corrected chi connectivity index (χ1v) is 9.61. The van der Waals surface area contributed by atoms with Crippen molar-refractivity contribution in [2.45, 2.75) is 64.9 Å². The summed E-state index contributed by atoms with van der Waals surface area (Å²) in [5.41, 5.74) is -0.444. The van der Waals surface area contributed by atoms with E-state index in [0.29, 0.717) is 23.7 Å². The number of hydrogen-bond acceptors (Lipinski definition) is 3. The van der Waals surface area contributed by atoms with E-state index in [1.807, 2.05) is 25.7 Å². The number of nitrogens with one attached hydrogen (secondary N) is 1. The fraction of sp³-hybridized carbons (Fsp3) is 0.895. The molecule has 0 aromatic heterocycles. The lowest BCUT2D eigenvalue weighted by Crippen LogP contribution is -2.43. The molecule has 0 unspecified atom stereocenters. The highest BCUT2D eigenvalue weighted by Gasteiger charge is 2.56. The second-order valence-corrected chi connectivity index (χ2v) is 8.80. The monoisotopic (exact) mass is 336 g/mol. The van der Waals surface area contributed by atoms with Crippen molar-refractivity contribution in [2.75, 3.05) is 19.6 Å². The van der Waals surface area contributed by atoms with Crippen LogP contribution in [0.15, 0.2) is 0 Å². The van der Waals surface area contributed by atoms with Gasteiger partial charge in [0.05, 0.1) is 0 Å². The summed E-state index contributed by atoms with van der Waals surface area (Å²) >= 11 is 0. The van der Waals surface area contributed by atoms with Gasteiger partial charge >= 0.3 is 6.09 Å². The molecular weight excluding hydrogens is 304 g/mol. The van der Waals surface area contributed by atoms with Gasteiger partial charge in [-0.15, -0.1) is 0 Å². The van der Waals surface area contributed by atoms with Crippen LogP contribution < -0.4 is 5.32 Å². The molecule has 0 radical (unpaired) electrons. The molecule has 5 nitrogen and oxygen atoms in total. The Labute approximate surface area is 145 Å². The number of carbonyl (C=O) groups is 2. The maximum absolute atomic E-state index is 12.2. The van der Waals surface area contributed by atoms with Crippen molar-refractivity contribution in [1.82, 2.24) is 10.2 Å². The lowest BCUT2D eigenvalue weighted by atomic mass is 9.95. The van der Waals surface area contributed by atoms with Crippen LogP contribution in [0.5, 0.6) is 0 Å². The number of fused-ring (bicyclic) bond motifs is 1. The zero-order valence-electron chi connectivity index (χ0n) is 15.3. The predicted molar refractivity (Wildman–Crippen MR) is 92.5 cm³/mol. The first kappa shape index (κ1) is 17.6. The number of nitrogens with zero attached hydrogens (tertiary/aromatic N) is 1. The van der Waals surface area contributed by atoms with E-state index in [4.69, 9.17) is 4.74 Å². The van der Waals surface area contributed by atoms with E-state index in [1.165, 1.54) is 19.3 Å². The number of amides is 2. The third kappa shape index (κ3) is 4.22. The number of likely N-dealkylation sites (tertiary alicyclic amines) is 1. The number of hydrogen-bond donors (Lipinski definition) is 1. The van der Waals surface area contributed by atoms with Gasteiger partial charge in [0, 0.05) is 25.6 Å². The quantitative estimate of drug-likeness (QED) is 0.858. The third-order valence-corrected chi connectivity index (χ3v) is 5.73. The molecule has 3 atom stereocenters. The van der Waals surface area contributed by atoms with Gasteiger partial charge in [0.1, 0.15) is 5.60 Å². The van der Waals surface area contributed by atoms with E-state index < -0.39 is 5.60 Å². The second-order valence-electron chi connectivity index (χ2n) is 8.80. The normalized spacial score (nSPS) is 32.2. The molecular formula is C19H32N2O3. The third-order valence-electron chi connectivity index (χ3n) is 5.73. The summed E-state index contributed by atoms with van der Waals surface area (Å²) in [5.74, 6) is 2.41. The lowest BCUT2D eigenvalue weighted by Gasteiger charge is -2.34. The zero-order valence-corrected chi connectivity index (χ0v) is 15.3. The van der Waals surface area contributed by atoms with Crippen LogP contribution in [0.2, 0.25) is 0 Å². The van der Waals surface area contributed by atoms with Gasteiger partial charge in [-0.25, -0.2) is 4.79 Å². The van der Waals surface area contributed by atoms with Gasteiger partial charge < -0.3 is 15.0 Å². The minimum Gasteiger partial charge on any atom is -0.444 e. The highest BCUT2D eigenvalue weighted by atomic mass is 16.6. The number of ether oxygens (including phenoxy) is 1. The summed E-state index contributed by atoms with van der Waals surface area (Å²) in [7, 11) is 0. The number of carbonyl (C=O) groups excluding carboxylic acids is 2. The number of rotatable bonds is 4. The summed E-state index contributed by atoms with van der Waals surface area (Å²) in [6.45, 7) is 7.96. The Balaban J connectivity index is 1.36. The van der Waals surface area contributed by atoms with Crippen molar-refractivity contribution in [3.63, 3.8) is 0 Å². The fourth-order valence-electron chi connectivity index (χ4n) is 4.52. The minimum absolute atomic E-state index is 0.206. The van der Waals surface area contributed by atoms with Crippen LogP contribution in [0.3, 0.4) is 0 Å². The van der Waals surface area contributed by atoms with Crippen molar-refractivity contribution in [3.05, 3.63) is 0 Å². The van der Waals surface area contributed by atoms with E-state index in [9.17, 15) is 9.59 Å². The molecule has 0 spiro atoms. The SMILES string of the molecule is CC(C)(C)OC(=O)N1CCC[C@H](CCNC(=O)C2[C@H]3CCC[C@H]23)C1. The first-order chi connectivity index (χ1) is 11.3. The van der Waals surface area contributed by atoms with Crippen molar-refractivity contribution in [3.8, 4) is 0 Å². The fourth-order valence-corrected chi connectivity index (χ4v) is 4.52. The Bertz CT molecular complexity index is 475. The topological polar surface area (TPSA) is 58.6 Å². The highest BCUT2D eigenvalue weighted by Crippen LogP contribution is 2.57. The van der Waals surface area contributed by atoms with Gasteiger partial charge in [0.2, 0.25) is 5.91 Å². The van der Waals surface area contributed by atoms with Gasteiger partial charge in [-0.05, 0) is 70.6 Å². The predicted octanol–water partition coefficient (Wildman–Crippen LogP) is 3.19. The summed E-state index contributed by atoms with van der Waals surface area (Å²) in [5, 5.41) is 3.13. The Kier molecular flexibility index (Phi) is 5.07. The number of piperidine rings is 1. The van der Waals surface area contributed by atoms with E-state index in [-0.39, 0.29) is 12.0 Å². The highest BCUT2D eigenvalue weighted by molar-refractivity contribution is 5.82. The van der Waals surface area contributed by atoms with E-state index in [2.05, 4.69) is 5.32 Å². The maximum atomic E-state index is 12.2. The molecule has 24 heavy (non-hydrogen) atoms. The molecule has 3 aliphatic rings. The smallest absolute Gasteiger partial charge is 0.410 e. The average Bonchev–Trinajstić information content (AvgIpc) is 2.99. The molecule has 5 heteroatoms. The molecule has 3 fully saturated rings. The van der Waals surface area contributed by atoms with Gasteiger partial charge in [0.25, 0.3) is 0 Å². The van der Waals surface area contributed by atoms with Crippen LogP contribution >= 0.6 is 0 Å². The van der Waals surface area contributed by atoms with Crippen molar-refractivity contribution in [1.29, 1.82) is 0 Å². The first-order valence-electron chi connectivity index (χ1n) is 9.61. The largest absolute Gasteiger partial charge is 0.444 e. The standard InChI is InChI=1S/C19H32N2O3/c1-19(2,3)24-18(23)21-11-5-6-13(12-21)9-10-20-17(22)16-14-7-4-8-15(14)16/h13-16H,4-12H2,1-3H3,(H,20,22)/t13-,14+,15+/m1/s1. The van der Waals surface area contributed by atoms with Gasteiger partial charge in [-0.3, -0.25) is 4.79 Å². The minimum atomic E-state index is -0.444. The summed E-state index contributed by atoms with van der Waals surface area (Å²) < 4.78 is 5.47. The van der Waals surface area contributed by atoms with Crippen molar-refractivity contribution in [2.24, 2.45) is 23.7 Å². The summed E-state index contributed by atoms with van der Waals surface area (Å²) in [6, 6.07) is 0. The van der Waals surface area contributed by atoms with Crippen LogP contribution in [0.1, 0.15) is 59.3 Å². The van der Waals surface area contributed by atoms with Gasteiger partial charge in [-0.2, -0.15) is 0 Å². The summed E-state index contributed by atoms with van der Waals surface area (Å²) in [6.07, 6.45) is 6.69. The Morgan fingerprint density at radius 3 is 2.50 bits per heavy atom. The van der Waals surface area contributed by atoms with Crippen molar-refractivity contribution < 1.29 is 14.3 Å². The molecule has 1 saturated heterocycles. The van der Waals surface area contributed by atoms with Crippen molar-refractivity contribution >= 4 is 12.0 Å². The van der Waals surface area contributed by atoms with Gasteiger partial charge in [-0.1, -0.05) is 6.42 Å². The van der Waals surface area contributed by atoms with Gasteiger partial charge in [0.15, 0.2) is 0 Å². The molecule has 0 aromatic carbocycles. The van der Waals surface area contributed by atoms with Crippen LogP contribution in [0.4, 0.5) is 4.79 Å². The molecule has 136 valence electrons. The van der Waals surface area contributed by atoms with E-state index in [0.717, 1.165) is 38.9 Å². The molecule has 0 aromatic rings. The molecule has 1 heterocycles. The molecule has 2 saturated carbocycles. The van der Waals surface area contributed by atoms with Crippen LogP contribution in [-0.4, -0.2) is 42.1 Å². The maximum Gasteiger partial charge on any atom is 0.410 e. The Morgan fingerprint density at radius 2 is 1.83 bits per heavy atom. The molecule has 1 N–H and O–H groups in total. The van der Waals surface area contributed by atoms with Crippen LogP contribution in [0, 0.1) is 23.7 Å². The molecule has 0 bridgehead atoms. The Morgan fingerprint density at radius 1 is 1.12 bits per heavy atom. The Hall–Kier alpha value is -1.26. The van der Waals surface area contributed by atoms with Crippen LogP contribution in [0.25, 0.3) is 0 Å². The zero-order chi connectivity index (χ0) is 17.3.